The molecule has 2 aromatic heterocycles. The van der Waals surface area contributed by atoms with E-state index in [4.69, 9.17) is 15.2 Å². The van der Waals surface area contributed by atoms with E-state index in [1.807, 2.05) is 71.4 Å². The number of H-pyrrole nitrogens is 1. The third-order valence-electron chi connectivity index (χ3n) is 5.21. The van der Waals surface area contributed by atoms with Crippen LogP contribution in [0.1, 0.15) is 22.6 Å². The van der Waals surface area contributed by atoms with Crippen molar-refractivity contribution in [2.24, 2.45) is 5.73 Å². The van der Waals surface area contributed by atoms with Crippen molar-refractivity contribution in [2.45, 2.75) is 12.5 Å². The molecule has 0 amide bonds. The second kappa shape index (κ2) is 8.01. The maximum atomic E-state index is 9.73. The predicted molar refractivity (Wildman–Crippen MR) is 118 cm³/mol. The third-order valence-corrected chi connectivity index (χ3v) is 5.91. The van der Waals surface area contributed by atoms with Crippen LogP contribution in [0.3, 0.4) is 0 Å². The summed E-state index contributed by atoms with van der Waals surface area (Å²) in [6, 6.07) is 22.0. The van der Waals surface area contributed by atoms with E-state index in [1.165, 1.54) is 0 Å². The van der Waals surface area contributed by atoms with Gasteiger partial charge in [-0.05, 0) is 52.2 Å². The molecule has 0 bridgehead atoms. The molecule has 0 saturated heterocycles. The first-order valence-corrected chi connectivity index (χ1v) is 10.6. The Labute approximate surface area is 183 Å². The van der Waals surface area contributed by atoms with E-state index in [0.29, 0.717) is 18.1 Å². The van der Waals surface area contributed by atoms with Crippen LogP contribution in [0.5, 0.6) is 11.6 Å². The van der Waals surface area contributed by atoms with E-state index in [1.54, 1.807) is 11.3 Å². The summed E-state index contributed by atoms with van der Waals surface area (Å²) in [4.78, 5) is 0. The molecule has 0 spiro atoms. The highest BCUT2D eigenvalue weighted by Gasteiger charge is 2.35. The third kappa shape index (κ3) is 3.54. The Kier molecular flexibility index (Phi) is 4.90. The Morgan fingerprint density at radius 3 is 2.65 bits per heavy atom. The summed E-state index contributed by atoms with van der Waals surface area (Å²) >= 11 is 1.57. The standard InChI is InChI=1S/C24H18N4O2S/c25-12-19-20(17-10-11-31-14-17)21-22(27-28-24(21)30-23(19)26)16-6-8-18(9-7-16)29-13-15-4-2-1-3-5-15/h1-11,14,20H,13,26H2,(H,27,28)/t20-/m0/s1. The lowest BCUT2D eigenvalue weighted by Gasteiger charge is -2.23. The fraction of sp³-hybridized carbons (Fsp3) is 0.0833. The molecule has 2 aromatic carbocycles. The predicted octanol–water partition coefficient (Wildman–Crippen LogP) is 4.94. The average Bonchev–Trinajstić information content (AvgIpc) is 3.48. The molecule has 0 aliphatic carbocycles. The number of aromatic nitrogens is 2. The number of ether oxygens (including phenoxy) is 2. The number of hydrogen-bond donors (Lipinski definition) is 2. The summed E-state index contributed by atoms with van der Waals surface area (Å²) in [5, 5.41) is 21.1. The van der Waals surface area contributed by atoms with E-state index in [0.717, 1.165) is 33.7 Å². The van der Waals surface area contributed by atoms with Gasteiger partial charge in [0.05, 0.1) is 17.2 Å². The Morgan fingerprint density at radius 2 is 1.94 bits per heavy atom. The smallest absolute Gasteiger partial charge is 0.244 e. The number of nitrogens with two attached hydrogens (primary N) is 1. The number of hydrogen-bond acceptors (Lipinski definition) is 6. The zero-order valence-electron chi connectivity index (χ0n) is 16.4. The van der Waals surface area contributed by atoms with E-state index in [-0.39, 0.29) is 11.8 Å². The number of nitrogens with one attached hydrogen (secondary N) is 1. The van der Waals surface area contributed by atoms with E-state index in [9.17, 15) is 5.26 Å². The van der Waals surface area contributed by atoms with Crippen molar-refractivity contribution in [2.75, 3.05) is 0 Å². The van der Waals surface area contributed by atoms with Gasteiger partial charge in [0.25, 0.3) is 0 Å². The molecule has 0 radical (unpaired) electrons. The number of fused-ring (bicyclic) bond motifs is 1. The summed E-state index contributed by atoms with van der Waals surface area (Å²) in [6.45, 7) is 0.503. The van der Waals surface area contributed by atoms with E-state index in [2.05, 4.69) is 16.3 Å². The maximum absolute atomic E-state index is 9.73. The zero-order chi connectivity index (χ0) is 21.2. The summed E-state index contributed by atoms with van der Waals surface area (Å²) < 4.78 is 11.5. The minimum atomic E-state index is -0.331. The van der Waals surface area contributed by atoms with Gasteiger partial charge < -0.3 is 15.2 Å². The number of aromatic amines is 1. The highest BCUT2D eigenvalue weighted by atomic mass is 32.1. The van der Waals surface area contributed by atoms with Gasteiger partial charge in [0.1, 0.15) is 24.0 Å². The molecule has 4 aromatic rings. The summed E-state index contributed by atoms with van der Waals surface area (Å²) in [7, 11) is 0. The monoisotopic (exact) mass is 426 g/mol. The SMILES string of the molecule is N#CC1=C(N)Oc2n[nH]c(-c3ccc(OCc4ccccc4)cc3)c2[C@H]1c1ccsc1. The summed E-state index contributed by atoms with van der Waals surface area (Å²) in [5.74, 6) is 0.928. The fourth-order valence-corrected chi connectivity index (χ4v) is 4.38. The number of benzene rings is 2. The summed E-state index contributed by atoms with van der Waals surface area (Å²) in [5.41, 5.74) is 11.0. The number of nitriles is 1. The van der Waals surface area contributed by atoms with Gasteiger partial charge in [0, 0.05) is 5.56 Å². The lowest BCUT2D eigenvalue weighted by Crippen LogP contribution is -2.20. The molecule has 1 atom stereocenters. The molecule has 3 heterocycles. The number of rotatable bonds is 5. The Balaban J connectivity index is 1.46. The van der Waals surface area contributed by atoms with Gasteiger partial charge in [-0.3, -0.25) is 5.10 Å². The van der Waals surface area contributed by atoms with Crippen LogP contribution in [-0.2, 0) is 6.61 Å². The van der Waals surface area contributed by atoms with Crippen molar-refractivity contribution >= 4 is 11.3 Å². The highest BCUT2D eigenvalue weighted by Crippen LogP contribution is 2.46. The molecule has 6 nitrogen and oxygen atoms in total. The first-order valence-electron chi connectivity index (χ1n) is 9.69. The molecule has 0 fully saturated rings. The molecule has 3 N–H and O–H groups in total. The topological polar surface area (TPSA) is 97.0 Å². The minimum absolute atomic E-state index is 0.0916. The Bertz CT molecular complexity index is 1270. The molecular formula is C24H18N4O2S. The van der Waals surface area contributed by atoms with Gasteiger partial charge in [-0.15, -0.1) is 5.10 Å². The lowest BCUT2D eigenvalue weighted by molar-refractivity contribution is 0.306. The molecule has 152 valence electrons. The zero-order valence-corrected chi connectivity index (χ0v) is 17.2. The van der Waals surface area contributed by atoms with Gasteiger partial charge >= 0.3 is 0 Å². The molecule has 7 heteroatoms. The van der Waals surface area contributed by atoms with Crippen LogP contribution >= 0.6 is 11.3 Å². The fourth-order valence-electron chi connectivity index (χ4n) is 3.70. The average molecular weight is 427 g/mol. The highest BCUT2D eigenvalue weighted by molar-refractivity contribution is 7.08. The second-order valence-corrected chi connectivity index (χ2v) is 7.88. The van der Waals surface area contributed by atoms with Gasteiger partial charge in [0.15, 0.2) is 0 Å². The van der Waals surface area contributed by atoms with Crippen LogP contribution in [0.15, 0.2) is 82.9 Å². The quantitative estimate of drug-likeness (QED) is 0.471. The molecule has 0 unspecified atom stereocenters. The van der Waals surface area contributed by atoms with Crippen LogP contribution in [0.25, 0.3) is 11.3 Å². The Morgan fingerprint density at radius 1 is 1.13 bits per heavy atom. The van der Waals surface area contributed by atoms with Crippen LogP contribution in [0.2, 0.25) is 0 Å². The van der Waals surface area contributed by atoms with Crippen molar-refractivity contribution in [1.29, 1.82) is 5.26 Å². The van der Waals surface area contributed by atoms with Crippen molar-refractivity contribution in [1.82, 2.24) is 10.2 Å². The van der Waals surface area contributed by atoms with Crippen molar-refractivity contribution in [3.63, 3.8) is 0 Å². The largest absolute Gasteiger partial charge is 0.489 e. The molecule has 0 saturated carbocycles. The van der Waals surface area contributed by atoms with Crippen molar-refractivity contribution in [3.05, 3.63) is 99.6 Å². The van der Waals surface area contributed by atoms with Crippen LogP contribution in [-0.4, -0.2) is 10.2 Å². The van der Waals surface area contributed by atoms with Crippen LogP contribution in [0, 0.1) is 11.3 Å². The first kappa shape index (κ1) is 19.0. The minimum Gasteiger partial charge on any atom is -0.489 e. The van der Waals surface area contributed by atoms with Crippen LogP contribution < -0.4 is 15.2 Å². The molecule has 5 rings (SSSR count). The van der Waals surface area contributed by atoms with E-state index < -0.39 is 0 Å². The van der Waals surface area contributed by atoms with Crippen molar-refractivity contribution in [3.8, 4) is 29.0 Å². The Hall–Kier alpha value is -4.02. The molecule has 31 heavy (non-hydrogen) atoms. The van der Waals surface area contributed by atoms with Crippen molar-refractivity contribution < 1.29 is 9.47 Å². The van der Waals surface area contributed by atoms with Gasteiger partial charge in [-0.2, -0.15) is 16.6 Å². The second-order valence-electron chi connectivity index (χ2n) is 7.10. The number of nitrogens with zero attached hydrogens (tertiary/aromatic N) is 2. The van der Waals surface area contributed by atoms with Gasteiger partial charge in [-0.25, -0.2) is 0 Å². The van der Waals surface area contributed by atoms with Gasteiger partial charge in [0.2, 0.25) is 11.8 Å². The lowest BCUT2D eigenvalue weighted by atomic mass is 9.84. The number of allylic oxidation sites excluding steroid dienone is 1. The van der Waals surface area contributed by atoms with Gasteiger partial charge in [-0.1, -0.05) is 30.3 Å². The van der Waals surface area contributed by atoms with Crippen LogP contribution in [0.4, 0.5) is 0 Å². The number of thiophene rings is 1. The molecular weight excluding hydrogens is 408 g/mol. The summed E-state index contributed by atoms with van der Waals surface area (Å²) in [6.07, 6.45) is 0. The maximum Gasteiger partial charge on any atom is 0.244 e. The van der Waals surface area contributed by atoms with E-state index >= 15 is 0 Å². The molecule has 1 aliphatic heterocycles. The first-order chi connectivity index (χ1) is 15.2. The molecule has 1 aliphatic rings. The normalized spacial score (nSPS) is 15.1.